The molecule has 2 heterocycles. The number of nitrogens with zero attached hydrogens (tertiary/aromatic N) is 2. The molecule has 0 amide bonds. The van der Waals surface area contributed by atoms with Crippen LogP contribution in [-0.2, 0) is 17.6 Å². The van der Waals surface area contributed by atoms with Gasteiger partial charge in [0.2, 0.25) is 0 Å². The highest BCUT2D eigenvalue weighted by Gasteiger charge is 2.05. The largest absolute Gasteiger partial charge is 0.384 e. The van der Waals surface area contributed by atoms with Gasteiger partial charge in [-0.1, -0.05) is 0 Å². The van der Waals surface area contributed by atoms with E-state index >= 15 is 0 Å². The van der Waals surface area contributed by atoms with Gasteiger partial charge < -0.3 is 5.73 Å². The van der Waals surface area contributed by atoms with Gasteiger partial charge in [0.1, 0.15) is 11.6 Å². The number of rotatable bonds is 4. The summed E-state index contributed by atoms with van der Waals surface area (Å²) in [6, 6.07) is 7.23. The Morgan fingerprint density at radius 1 is 1.06 bits per heavy atom. The van der Waals surface area contributed by atoms with E-state index < -0.39 is 0 Å². The molecule has 4 nitrogen and oxygen atoms in total. The molecule has 0 aromatic carbocycles. The van der Waals surface area contributed by atoms with E-state index in [9.17, 15) is 4.79 Å². The number of anilines is 1. The van der Waals surface area contributed by atoms with Crippen molar-refractivity contribution in [1.82, 2.24) is 9.97 Å². The summed E-state index contributed by atoms with van der Waals surface area (Å²) in [5.74, 6) is 0.598. The second kappa shape index (κ2) is 5.21. The van der Waals surface area contributed by atoms with Gasteiger partial charge in [0.15, 0.2) is 0 Å². The third-order valence-corrected chi connectivity index (χ3v) is 2.40. The summed E-state index contributed by atoms with van der Waals surface area (Å²) < 4.78 is 0. The summed E-state index contributed by atoms with van der Waals surface area (Å²) in [6.07, 6.45) is 5.80. The highest BCUT2D eigenvalue weighted by molar-refractivity contribution is 5.83. The Morgan fingerprint density at radius 3 is 2.41 bits per heavy atom. The molecule has 0 bridgehead atoms. The third kappa shape index (κ3) is 3.38. The molecule has 0 unspecified atom stereocenters. The number of carbonyl (C=O) groups is 1. The van der Waals surface area contributed by atoms with Crippen LogP contribution in [0.4, 0.5) is 5.82 Å². The Kier molecular flexibility index (Phi) is 3.45. The van der Waals surface area contributed by atoms with Crippen LogP contribution in [0.15, 0.2) is 42.9 Å². The van der Waals surface area contributed by atoms with Gasteiger partial charge in [-0.15, -0.1) is 0 Å². The zero-order valence-electron chi connectivity index (χ0n) is 9.34. The van der Waals surface area contributed by atoms with Crippen molar-refractivity contribution in [1.29, 1.82) is 0 Å². The summed E-state index contributed by atoms with van der Waals surface area (Å²) in [6.45, 7) is 0. The van der Waals surface area contributed by atoms with E-state index in [0.29, 0.717) is 18.7 Å². The zero-order valence-corrected chi connectivity index (χ0v) is 9.34. The first-order valence-electron chi connectivity index (χ1n) is 5.35. The second-order valence-electron chi connectivity index (χ2n) is 3.84. The lowest BCUT2D eigenvalue weighted by Gasteiger charge is -2.02. The number of aromatic nitrogens is 2. The number of ketones is 1. The molecule has 0 aliphatic heterocycles. The molecule has 0 saturated carbocycles. The van der Waals surface area contributed by atoms with Crippen LogP contribution in [0.5, 0.6) is 0 Å². The normalized spacial score (nSPS) is 10.1. The van der Waals surface area contributed by atoms with Crippen molar-refractivity contribution in [2.45, 2.75) is 12.8 Å². The van der Waals surface area contributed by atoms with Crippen molar-refractivity contribution in [2.24, 2.45) is 0 Å². The molecule has 4 heteroatoms. The molecule has 2 aromatic rings. The molecule has 0 saturated heterocycles. The lowest BCUT2D eigenvalue weighted by atomic mass is 10.0. The first-order chi connectivity index (χ1) is 8.24. The predicted octanol–water partition coefficient (Wildman–Crippen LogP) is 1.41. The van der Waals surface area contributed by atoms with E-state index in [-0.39, 0.29) is 5.78 Å². The van der Waals surface area contributed by atoms with Crippen molar-refractivity contribution in [3.8, 4) is 0 Å². The van der Waals surface area contributed by atoms with E-state index in [2.05, 4.69) is 9.97 Å². The van der Waals surface area contributed by atoms with Crippen molar-refractivity contribution >= 4 is 11.6 Å². The highest BCUT2D eigenvalue weighted by Crippen LogP contribution is 2.07. The van der Waals surface area contributed by atoms with Crippen LogP contribution in [0.2, 0.25) is 0 Å². The summed E-state index contributed by atoms with van der Waals surface area (Å²) in [4.78, 5) is 19.6. The van der Waals surface area contributed by atoms with Crippen molar-refractivity contribution in [2.75, 3.05) is 5.73 Å². The number of hydrogen-bond acceptors (Lipinski definition) is 4. The average Bonchev–Trinajstić information content (AvgIpc) is 2.30. The summed E-state index contributed by atoms with van der Waals surface area (Å²) >= 11 is 0. The first-order valence-corrected chi connectivity index (χ1v) is 5.35. The number of nitrogens with two attached hydrogens (primary N) is 1. The Bertz CT molecular complexity index is 511. The summed E-state index contributed by atoms with van der Waals surface area (Å²) in [5.41, 5.74) is 7.43. The van der Waals surface area contributed by atoms with E-state index in [4.69, 9.17) is 5.73 Å². The summed E-state index contributed by atoms with van der Waals surface area (Å²) in [7, 11) is 0. The molecule has 0 spiro atoms. The van der Waals surface area contributed by atoms with Crippen LogP contribution < -0.4 is 5.73 Å². The van der Waals surface area contributed by atoms with Crippen LogP contribution in [0.25, 0.3) is 0 Å². The van der Waals surface area contributed by atoms with Crippen LogP contribution >= 0.6 is 0 Å². The molecule has 17 heavy (non-hydrogen) atoms. The van der Waals surface area contributed by atoms with Gasteiger partial charge in [-0.05, 0) is 35.4 Å². The number of hydrogen-bond donors (Lipinski definition) is 1. The van der Waals surface area contributed by atoms with E-state index in [1.165, 1.54) is 0 Å². The van der Waals surface area contributed by atoms with Gasteiger partial charge in [0.25, 0.3) is 0 Å². The maximum Gasteiger partial charge on any atom is 0.141 e. The standard InChI is InChI=1S/C13H13N3O/c14-13-9-11(3-6-16-13)8-12(17)7-10-1-4-15-5-2-10/h1-6,9H,7-8H2,(H2,14,16). The monoisotopic (exact) mass is 227 g/mol. The van der Waals surface area contributed by atoms with Crippen LogP contribution in [-0.4, -0.2) is 15.8 Å². The van der Waals surface area contributed by atoms with Gasteiger partial charge in [-0.25, -0.2) is 4.98 Å². The second-order valence-corrected chi connectivity index (χ2v) is 3.84. The number of nitrogen functional groups attached to an aromatic ring is 1. The molecule has 0 fully saturated rings. The first kappa shape index (κ1) is 11.3. The Morgan fingerprint density at radius 2 is 1.71 bits per heavy atom. The molecule has 2 N–H and O–H groups in total. The Labute approximate surface area is 99.5 Å². The van der Waals surface area contributed by atoms with E-state index in [1.807, 2.05) is 12.1 Å². The minimum atomic E-state index is 0.154. The van der Waals surface area contributed by atoms with Gasteiger partial charge in [0, 0.05) is 31.4 Å². The van der Waals surface area contributed by atoms with E-state index in [1.54, 1.807) is 30.7 Å². The van der Waals surface area contributed by atoms with E-state index in [0.717, 1.165) is 11.1 Å². The minimum absolute atomic E-state index is 0.154. The molecule has 2 aromatic heterocycles. The summed E-state index contributed by atoms with van der Waals surface area (Å²) in [5, 5.41) is 0. The quantitative estimate of drug-likeness (QED) is 0.857. The SMILES string of the molecule is Nc1cc(CC(=O)Cc2ccncc2)ccn1. The Balaban J connectivity index is 1.98. The lowest BCUT2D eigenvalue weighted by molar-refractivity contribution is -0.117. The minimum Gasteiger partial charge on any atom is -0.384 e. The lowest BCUT2D eigenvalue weighted by Crippen LogP contribution is -2.07. The zero-order chi connectivity index (χ0) is 12.1. The van der Waals surface area contributed by atoms with Gasteiger partial charge in [-0.3, -0.25) is 9.78 Å². The molecular weight excluding hydrogens is 214 g/mol. The maximum atomic E-state index is 11.8. The Hall–Kier alpha value is -2.23. The smallest absolute Gasteiger partial charge is 0.141 e. The predicted molar refractivity (Wildman–Crippen MR) is 65.3 cm³/mol. The van der Waals surface area contributed by atoms with Gasteiger partial charge in [0.05, 0.1) is 0 Å². The molecular formula is C13H13N3O. The fourth-order valence-electron chi connectivity index (χ4n) is 1.62. The van der Waals surface area contributed by atoms with Crippen molar-refractivity contribution in [3.05, 3.63) is 54.0 Å². The molecule has 86 valence electrons. The van der Waals surface area contributed by atoms with Gasteiger partial charge >= 0.3 is 0 Å². The van der Waals surface area contributed by atoms with Crippen LogP contribution in [0.3, 0.4) is 0 Å². The number of Topliss-reactive ketones (excluding diaryl/α,β-unsaturated/α-hetero) is 1. The fourth-order valence-corrected chi connectivity index (χ4v) is 1.62. The molecule has 0 aliphatic carbocycles. The fraction of sp³-hybridized carbons (Fsp3) is 0.154. The average molecular weight is 227 g/mol. The molecule has 2 rings (SSSR count). The van der Waals surface area contributed by atoms with Crippen LogP contribution in [0, 0.1) is 0 Å². The third-order valence-electron chi connectivity index (χ3n) is 2.40. The number of carbonyl (C=O) groups excluding carboxylic acids is 1. The molecule has 0 radical (unpaired) electrons. The maximum absolute atomic E-state index is 11.8. The van der Waals surface area contributed by atoms with Crippen LogP contribution in [0.1, 0.15) is 11.1 Å². The molecule has 0 aliphatic rings. The van der Waals surface area contributed by atoms with Crippen molar-refractivity contribution in [3.63, 3.8) is 0 Å². The number of pyridine rings is 2. The van der Waals surface area contributed by atoms with Crippen molar-refractivity contribution < 1.29 is 4.79 Å². The topological polar surface area (TPSA) is 68.9 Å². The highest BCUT2D eigenvalue weighted by atomic mass is 16.1. The van der Waals surface area contributed by atoms with Gasteiger partial charge in [-0.2, -0.15) is 0 Å². The molecule has 0 atom stereocenters.